The Balaban J connectivity index is 2.56. The van der Waals surface area contributed by atoms with E-state index in [2.05, 4.69) is 29.7 Å². The van der Waals surface area contributed by atoms with E-state index in [0.717, 1.165) is 29.8 Å². The van der Waals surface area contributed by atoms with Crippen LogP contribution in [0.4, 0.5) is 0 Å². The van der Waals surface area contributed by atoms with Crippen LogP contribution in [0.1, 0.15) is 44.5 Å². The van der Waals surface area contributed by atoms with E-state index in [-0.39, 0.29) is 5.92 Å². The molecule has 0 radical (unpaired) electrons. The lowest BCUT2D eigenvalue weighted by molar-refractivity contribution is -0.141. The van der Waals surface area contributed by atoms with Crippen molar-refractivity contribution in [1.82, 2.24) is 9.55 Å². The van der Waals surface area contributed by atoms with Crippen molar-refractivity contribution < 1.29 is 9.90 Å². The van der Waals surface area contributed by atoms with E-state index in [0.29, 0.717) is 0 Å². The molecule has 1 heterocycles. The maximum absolute atomic E-state index is 11.2. The molecule has 0 aliphatic heterocycles. The van der Waals surface area contributed by atoms with Crippen LogP contribution in [0.3, 0.4) is 0 Å². The summed E-state index contributed by atoms with van der Waals surface area (Å²) in [4.78, 5) is 15.9. The molecule has 0 aliphatic carbocycles. The molecule has 0 spiro atoms. The van der Waals surface area contributed by atoms with Crippen LogP contribution in [0.15, 0.2) is 18.2 Å². The molecular weight excluding hydrogens is 252 g/mol. The standard InChI is InChI=1S/C16H22N2O2/c1-5-8-18-14-7-6-10(2)9-13(14)17-15(18)11(3)12(4)16(19)20/h6-7,9,11-12H,5,8H2,1-4H3,(H,19,20). The van der Waals surface area contributed by atoms with Gasteiger partial charge in [0, 0.05) is 12.5 Å². The zero-order valence-electron chi connectivity index (χ0n) is 12.6. The molecule has 0 amide bonds. The molecule has 1 aromatic carbocycles. The lowest BCUT2D eigenvalue weighted by atomic mass is 9.95. The molecule has 108 valence electrons. The van der Waals surface area contributed by atoms with Gasteiger partial charge >= 0.3 is 5.97 Å². The van der Waals surface area contributed by atoms with Crippen molar-refractivity contribution in [3.63, 3.8) is 0 Å². The first-order valence-electron chi connectivity index (χ1n) is 7.15. The Hall–Kier alpha value is -1.84. The molecule has 2 unspecified atom stereocenters. The Morgan fingerprint density at radius 2 is 2.10 bits per heavy atom. The number of fused-ring (bicyclic) bond motifs is 1. The second-order valence-electron chi connectivity index (χ2n) is 5.53. The lowest BCUT2D eigenvalue weighted by Crippen LogP contribution is -2.20. The SMILES string of the molecule is CCCn1c(C(C)C(C)C(=O)O)nc2cc(C)ccc21. The second-order valence-corrected chi connectivity index (χ2v) is 5.53. The number of imidazole rings is 1. The molecule has 1 aromatic heterocycles. The highest BCUT2D eigenvalue weighted by Gasteiger charge is 2.26. The normalized spacial score (nSPS) is 14.4. The molecule has 0 bridgehead atoms. The summed E-state index contributed by atoms with van der Waals surface area (Å²) >= 11 is 0. The van der Waals surface area contributed by atoms with Crippen molar-refractivity contribution in [2.75, 3.05) is 0 Å². The molecule has 0 saturated heterocycles. The van der Waals surface area contributed by atoms with Crippen LogP contribution >= 0.6 is 0 Å². The number of nitrogens with zero attached hydrogens (tertiary/aromatic N) is 2. The zero-order chi connectivity index (χ0) is 14.9. The molecule has 20 heavy (non-hydrogen) atoms. The van der Waals surface area contributed by atoms with Gasteiger partial charge in [-0.3, -0.25) is 4.79 Å². The van der Waals surface area contributed by atoms with E-state index in [1.807, 2.05) is 13.8 Å². The lowest BCUT2D eigenvalue weighted by Gasteiger charge is -2.17. The average molecular weight is 274 g/mol. The van der Waals surface area contributed by atoms with E-state index >= 15 is 0 Å². The molecule has 0 fully saturated rings. The number of carboxylic acids is 1. The van der Waals surface area contributed by atoms with Crippen LogP contribution in [-0.4, -0.2) is 20.6 Å². The molecule has 2 aromatic rings. The third kappa shape index (κ3) is 2.55. The van der Waals surface area contributed by atoms with Crippen LogP contribution in [0, 0.1) is 12.8 Å². The fourth-order valence-electron chi connectivity index (χ4n) is 2.50. The minimum absolute atomic E-state index is 0.105. The predicted molar refractivity (Wildman–Crippen MR) is 80.0 cm³/mol. The summed E-state index contributed by atoms with van der Waals surface area (Å²) in [6, 6.07) is 6.21. The Morgan fingerprint density at radius 1 is 1.40 bits per heavy atom. The van der Waals surface area contributed by atoms with Gasteiger partial charge in [0.2, 0.25) is 0 Å². The van der Waals surface area contributed by atoms with E-state index in [9.17, 15) is 9.90 Å². The summed E-state index contributed by atoms with van der Waals surface area (Å²) < 4.78 is 2.17. The molecule has 4 heteroatoms. The Labute approximate surface area is 119 Å². The Bertz CT molecular complexity index is 631. The quantitative estimate of drug-likeness (QED) is 0.906. The van der Waals surface area contributed by atoms with Gasteiger partial charge < -0.3 is 9.67 Å². The first-order valence-corrected chi connectivity index (χ1v) is 7.15. The fourth-order valence-corrected chi connectivity index (χ4v) is 2.50. The number of benzene rings is 1. The van der Waals surface area contributed by atoms with Crippen molar-refractivity contribution in [3.8, 4) is 0 Å². The van der Waals surface area contributed by atoms with E-state index in [4.69, 9.17) is 4.98 Å². The van der Waals surface area contributed by atoms with Gasteiger partial charge in [0.1, 0.15) is 5.82 Å². The predicted octanol–water partition coefficient (Wildman–Crippen LogP) is 3.58. The first-order chi connectivity index (χ1) is 9.45. The van der Waals surface area contributed by atoms with Crippen molar-refractivity contribution in [3.05, 3.63) is 29.6 Å². The number of aryl methyl sites for hydroxylation is 2. The van der Waals surface area contributed by atoms with Crippen LogP contribution < -0.4 is 0 Å². The van der Waals surface area contributed by atoms with Gasteiger partial charge in [0.25, 0.3) is 0 Å². The third-order valence-corrected chi connectivity index (χ3v) is 3.93. The zero-order valence-corrected chi connectivity index (χ0v) is 12.6. The van der Waals surface area contributed by atoms with Gasteiger partial charge in [-0.1, -0.05) is 26.8 Å². The largest absolute Gasteiger partial charge is 0.481 e. The van der Waals surface area contributed by atoms with Crippen LogP contribution in [0.2, 0.25) is 0 Å². The van der Waals surface area contributed by atoms with Crippen molar-refractivity contribution in [2.24, 2.45) is 5.92 Å². The number of carbonyl (C=O) groups is 1. The number of rotatable bonds is 5. The van der Waals surface area contributed by atoms with Crippen molar-refractivity contribution in [1.29, 1.82) is 0 Å². The number of hydrogen-bond acceptors (Lipinski definition) is 2. The Kier molecular flexibility index (Phi) is 4.12. The van der Waals surface area contributed by atoms with E-state index in [1.165, 1.54) is 5.56 Å². The highest BCUT2D eigenvalue weighted by molar-refractivity contribution is 5.77. The van der Waals surface area contributed by atoms with Gasteiger partial charge in [-0.15, -0.1) is 0 Å². The minimum Gasteiger partial charge on any atom is -0.481 e. The summed E-state index contributed by atoms with van der Waals surface area (Å²) in [7, 11) is 0. The minimum atomic E-state index is -0.774. The number of carboxylic acid groups (broad SMARTS) is 1. The summed E-state index contributed by atoms with van der Waals surface area (Å²) in [5, 5.41) is 9.22. The van der Waals surface area contributed by atoms with Crippen LogP contribution in [0.5, 0.6) is 0 Å². The molecular formula is C16H22N2O2. The van der Waals surface area contributed by atoms with Crippen LogP contribution in [-0.2, 0) is 11.3 Å². The maximum Gasteiger partial charge on any atom is 0.306 e. The van der Waals surface area contributed by atoms with Gasteiger partial charge in [0.05, 0.1) is 17.0 Å². The average Bonchev–Trinajstić information content (AvgIpc) is 2.75. The van der Waals surface area contributed by atoms with Gasteiger partial charge in [-0.2, -0.15) is 0 Å². The van der Waals surface area contributed by atoms with Gasteiger partial charge in [-0.05, 0) is 31.0 Å². The molecule has 4 nitrogen and oxygen atoms in total. The van der Waals surface area contributed by atoms with Gasteiger partial charge in [0.15, 0.2) is 0 Å². The number of hydrogen-bond donors (Lipinski definition) is 1. The number of aromatic nitrogens is 2. The highest BCUT2D eigenvalue weighted by atomic mass is 16.4. The van der Waals surface area contributed by atoms with E-state index < -0.39 is 11.9 Å². The van der Waals surface area contributed by atoms with Gasteiger partial charge in [-0.25, -0.2) is 4.98 Å². The third-order valence-electron chi connectivity index (χ3n) is 3.93. The molecule has 0 aliphatic rings. The summed E-state index contributed by atoms with van der Waals surface area (Å²) in [6.07, 6.45) is 1.00. The van der Waals surface area contributed by atoms with Crippen molar-refractivity contribution in [2.45, 2.75) is 46.6 Å². The van der Waals surface area contributed by atoms with Crippen LogP contribution in [0.25, 0.3) is 11.0 Å². The summed E-state index contributed by atoms with van der Waals surface area (Å²) in [5.74, 6) is -0.443. The monoisotopic (exact) mass is 274 g/mol. The molecule has 2 atom stereocenters. The topological polar surface area (TPSA) is 55.1 Å². The fraction of sp³-hybridized carbons (Fsp3) is 0.500. The highest BCUT2D eigenvalue weighted by Crippen LogP contribution is 2.28. The summed E-state index contributed by atoms with van der Waals surface area (Å²) in [5.41, 5.74) is 3.22. The molecule has 2 rings (SSSR count). The first kappa shape index (κ1) is 14.6. The molecule has 0 saturated carbocycles. The molecule has 1 N–H and O–H groups in total. The summed E-state index contributed by atoms with van der Waals surface area (Å²) in [6.45, 7) is 8.72. The maximum atomic E-state index is 11.2. The Morgan fingerprint density at radius 3 is 2.70 bits per heavy atom. The van der Waals surface area contributed by atoms with Crippen molar-refractivity contribution >= 4 is 17.0 Å². The van der Waals surface area contributed by atoms with E-state index in [1.54, 1.807) is 6.92 Å². The second kappa shape index (κ2) is 5.65. The smallest absolute Gasteiger partial charge is 0.306 e. The number of aliphatic carboxylic acids is 1.